The van der Waals surface area contributed by atoms with E-state index < -0.39 is 0 Å². The zero-order chi connectivity index (χ0) is 17.7. The Morgan fingerprint density at radius 2 is 2.12 bits per heavy atom. The molecule has 24 heavy (non-hydrogen) atoms. The molecule has 0 radical (unpaired) electrons. The number of benzene rings is 1. The molecule has 0 saturated carbocycles. The molecule has 1 aromatic carbocycles. The molecule has 5 nitrogen and oxygen atoms in total. The topological polar surface area (TPSA) is 71.7 Å². The predicted octanol–water partition coefficient (Wildman–Crippen LogP) is 3.52. The molecule has 0 aliphatic carbocycles. The molecule has 2 rings (SSSR count). The van der Waals surface area contributed by atoms with Crippen LogP contribution in [0, 0.1) is 18.8 Å². The van der Waals surface area contributed by atoms with Crippen LogP contribution in [0.3, 0.4) is 0 Å². The average molecular weight is 333 g/mol. The lowest BCUT2D eigenvalue weighted by Crippen LogP contribution is -2.30. The normalized spacial score (nSPS) is 12.6. The number of hydrogen-bond donors (Lipinski definition) is 2. The van der Waals surface area contributed by atoms with Gasteiger partial charge in [-0.3, -0.25) is 4.79 Å². The molecule has 0 fully saturated rings. The van der Waals surface area contributed by atoms with Crippen LogP contribution in [-0.2, 0) is 0 Å². The zero-order valence-corrected chi connectivity index (χ0v) is 14.9. The summed E-state index contributed by atoms with van der Waals surface area (Å²) in [6.07, 6.45) is 1.66. The highest BCUT2D eigenvalue weighted by Crippen LogP contribution is 2.28. The SMILES string of the molecule is COc1ccc2oc(C(=O)NCC(CCO)CC(C)C)c(C)c2c1. The fourth-order valence-corrected chi connectivity index (χ4v) is 3.01. The highest BCUT2D eigenvalue weighted by atomic mass is 16.5. The van der Waals surface area contributed by atoms with Crippen LogP contribution in [0.15, 0.2) is 22.6 Å². The highest BCUT2D eigenvalue weighted by Gasteiger charge is 2.19. The quantitative estimate of drug-likeness (QED) is 0.775. The van der Waals surface area contributed by atoms with Gasteiger partial charge in [-0.15, -0.1) is 0 Å². The monoisotopic (exact) mass is 333 g/mol. The van der Waals surface area contributed by atoms with E-state index in [1.54, 1.807) is 7.11 Å². The van der Waals surface area contributed by atoms with Gasteiger partial charge in [-0.1, -0.05) is 13.8 Å². The molecule has 0 spiro atoms. The summed E-state index contributed by atoms with van der Waals surface area (Å²) in [6, 6.07) is 5.50. The Morgan fingerprint density at radius 1 is 1.38 bits per heavy atom. The van der Waals surface area contributed by atoms with E-state index in [1.165, 1.54) is 0 Å². The molecule has 1 amide bonds. The number of aliphatic hydroxyl groups excluding tert-OH is 1. The lowest BCUT2D eigenvalue weighted by Gasteiger charge is -2.18. The van der Waals surface area contributed by atoms with Crippen LogP contribution in [-0.4, -0.2) is 31.3 Å². The molecule has 2 N–H and O–H groups in total. The molecule has 0 bridgehead atoms. The molecule has 1 heterocycles. The van der Waals surface area contributed by atoms with Gasteiger partial charge >= 0.3 is 0 Å². The largest absolute Gasteiger partial charge is 0.497 e. The lowest BCUT2D eigenvalue weighted by atomic mass is 9.94. The second kappa shape index (κ2) is 8.20. The van der Waals surface area contributed by atoms with Crippen molar-refractivity contribution in [2.45, 2.75) is 33.6 Å². The van der Waals surface area contributed by atoms with Crippen molar-refractivity contribution in [2.75, 3.05) is 20.3 Å². The number of furan rings is 1. The number of aryl methyl sites for hydroxylation is 1. The minimum absolute atomic E-state index is 0.136. The summed E-state index contributed by atoms with van der Waals surface area (Å²) in [4.78, 5) is 12.5. The van der Waals surface area contributed by atoms with Gasteiger partial charge in [0.15, 0.2) is 5.76 Å². The van der Waals surface area contributed by atoms with Crippen LogP contribution in [0.2, 0.25) is 0 Å². The minimum Gasteiger partial charge on any atom is -0.497 e. The average Bonchev–Trinajstić information content (AvgIpc) is 2.88. The van der Waals surface area contributed by atoms with Gasteiger partial charge in [-0.2, -0.15) is 0 Å². The predicted molar refractivity (Wildman–Crippen MR) is 94.5 cm³/mol. The summed E-state index contributed by atoms with van der Waals surface area (Å²) in [5, 5.41) is 13.0. The fourth-order valence-electron chi connectivity index (χ4n) is 3.01. The molecule has 1 atom stereocenters. The van der Waals surface area contributed by atoms with Gasteiger partial charge in [0.05, 0.1) is 7.11 Å². The van der Waals surface area contributed by atoms with Gasteiger partial charge < -0.3 is 19.6 Å². The van der Waals surface area contributed by atoms with Crippen molar-refractivity contribution < 1.29 is 19.1 Å². The standard InChI is InChI=1S/C19H27NO4/c1-12(2)9-14(7-8-21)11-20-19(22)18-13(3)16-10-15(23-4)5-6-17(16)24-18/h5-6,10,12,14,21H,7-9,11H2,1-4H3,(H,20,22). The highest BCUT2D eigenvalue weighted by molar-refractivity contribution is 5.99. The van der Waals surface area contributed by atoms with E-state index >= 15 is 0 Å². The smallest absolute Gasteiger partial charge is 0.287 e. The summed E-state index contributed by atoms with van der Waals surface area (Å²) in [5.41, 5.74) is 1.48. The first-order chi connectivity index (χ1) is 11.5. The Kier molecular flexibility index (Phi) is 6.26. The van der Waals surface area contributed by atoms with Gasteiger partial charge in [0.25, 0.3) is 5.91 Å². The number of aliphatic hydroxyl groups is 1. The summed E-state index contributed by atoms with van der Waals surface area (Å²) < 4.78 is 10.9. The Balaban J connectivity index is 2.11. The van der Waals surface area contributed by atoms with Crippen LogP contribution in [0.4, 0.5) is 0 Å². The third-order valence-corrected chi connectivity index (χ3v) is 4.24. The summed E-state index contributed by atoms with van der Waals surface area (Å²) >= 11 is 0. The van der Waals surface area contributed by atoms with E-state index in [9.17, 15) is 9.90 Å². The number of ether oxygens (including phenoxy) is 1. The molecule has 132 valence electrons. The van der Waals surface area contributed by atoms with E-state index in [0.717, 1.165) is 23.1 Å². The molecule has 1 aromatic heterocycles. The first-order valence-corrected chi connectivity index (χ1v) is 8.42. The molecule has 0 saturated heterocycles. The van der Waals surface area contributed by atoms with E-state index in [-0.39, 0.29) is 18.4 Å². The van der Waals surface area contributed by atoms with Crippen LogP contribution in [0.25, 0.3) is 11.0 Å². The molecule has 2 aromatic rings. The Labute approximate surface area is 143 Å². The van der Waals surface area contributed by atoms with Crippen LogP contribution in [0.5, 0.6) is 5.75 Å². The van der Waals surface area contributed by atoms with Crippen LogP contribution in [0.1, 0.15) is 42.8 Å². The van der Waals surface area contributed by atoms with Crippen molar-refractivity contribution in [1.29, 1.82) is 0 Å². The second-order valence-electron chi connectivity index (χ2n) is 6.64. The van der Waals surface area contributed by atoms with Crippen LogP contribution < -0.4 is 10.1 Å². The van der Waals surface area contributed by atoms with Crippen molar-refractivity contribution in [3.63, 3.8) is 0 Å². The van der Waals surface area contributed by atoms with Crippen molar-refractivity contribution in [3.8, 4) is 5.75 Å². The third-order valence-electron chi connectivity index (χ3n) is 4.24. The van der Waals surface area contributed by atoms with E-state index in [0.29, 0.717) is 30.2 Å². The van der Waals surface area contributed by atoms with E-state index in [2.05, 4.69) is 19.2 Å². The number of carbonyl (C=O) groups is 1. The number of rotatable bonds is 8. The Morgan fingerprint density at radius 3 is 2.75 bits per heavy atom. The third kappa shape index (κ3) is 4.29. The molecular weight excluding hydrogens is 306 g/mol. The minimum atomic E-state index is -0.214. The first kappa shape index (κ1) is 18.3. The van der Waals surface area contributed by atoms with E-state index in [1.807, 2.05) is 25.1 Å². The van der Waals surface area contributed by atoms with Crippen molar-refractivity contribution in [1.82, 2.24) is 5.32 Å². The van der Waals surface area contributed by atoms with E-state index in [4.69, 9.17) is 9.15 Å². The number of fused-ring (bicyclic) bond motifs is 1. The van der Waals surface area contributed by atoms with Gasteiger partial charge in [-0.05, 0) is 49.8 Å². The molecule has 1 unspecified atom stereocenters. The van der Waals surface area contributed by atoms with Crippen molar-refractivity contribution in [2.24, 2.45) is 11.8 Å². The van der Waals surface area contributed by atoms with Gasteiger partial charge in [0.1, 0.15) is 11.3 Å². The summed E-state index contributed by atoms with van der Waals surface area (Å²) in [6.45, 7) is 6.83. The molecule has 0 aliphatic heterocycles. The molecule has 0 aliphatic rings. The van der Waals surface area contributed by atoms with Crippen molar-refractivity contribution in [3.05, 3.63) is 29.5 Å². The maximum absolute atomic E-state index is 12.5. The summed E-state index contributed by atoms with van der Waals surface area (Å²) in [5.74, 6) is 1.65. The van der Waals surface area contributed by atoms with Gasteiger partial charge in [-0.25, -0.2) is 0 Å². The Hall–Kier alpha value is -2.01. The summed E-state index contributed by atoms with van der Waals surface area (Å²) in [7, 11) is 1.61. The fraction of sp³-hybridized carbons (Fsp3) is 0.526. The first-order valence-electron chi connectivity index (χ1n) is 8.42. The number of amides is 1. The molecule has 5 heteroatoms. The lowest BCUT2D eigenvalue weighted by molar-refractivity contribution is 0.0915. The number of hydrogen-bond acceptors (Lipinski definition) is 4. The number of methoxy groups -OCH3 is 1. The van der Waals surface area contributed by atoms with Gasteiger partial charge in [0, 0.05) is 24.1 Å². The van der Waals surface area contributed by atoms with Crippen LogP contribution >= 0.6 is 0 Å². The Bertz CT molecular complexity index is 690. The second-order valence-corrected chi connectivity index (χ2v) is 6.64. The molecular formula is C19H27NO4. The maximum Gasteiger partial charge on any atom is 0.287 e. The number of nitrogens with one attached hydrogen (secondary N) is 1. The van der Waals surface area contributed by atoms with Gasteiger partial charge in [0.2, 0.25) is 0 Å². The maximum atomic E-state index is 12.5. The zero-order valence-electron chi connectivity index (χ0n) is 14.9. The van der Waals surface area contributed by atoms with Crippen molar-refractivity contribution >= 4 is 16.9 Å². The number of carbonyl (C=O) groups excluding carboxylic acids is 1.